The van der Waals surface area contributed by atoms with Crippen molar-refractivity contribution in [1.82, 2.24) is 25.6 Å². The molecule has 0 saturated heterocycles. The van der Waals surface area contributed by atoms with Gasteiger partial charge >= 0.3 is 0 Å². The molecule has 5 rings (SSSR count). The van der Waals surface area contributed by atoms with Gasteiger partial charge in [-0.2, -0.15) is 0 Å². The standard InChI is InChI=1S/C21H21N7O.2CH2O2/c1-29-19-12-16(21-24-9-10-25-21)5-6-18(19)28-13-17(26-27-28)14-3-2-4-15(11-14)20-22-7-8-23-20;2*2-1-3/h2-6,11-13H,7-10H2,1H3,(H,22,23)(H,24,25);2*1H,(H,2,3). The fourth-order valence-corrected chi connectivity index (χ4v) is 3.54. The van der Waals surface area contributed by atoms with E-state index < -0.39 is 0 Å². The summed E-state index contributed by atoms with van der Waals surface area (Å²) in [4.78, 5) is 25.7. The first kappa shape index (κ1) is 24.9. The second-order valence-electron chi connectivity index (χ2n) is 7.04. The van der Waals surface area contributed by atoms with Crippen molar-refractivity contribution in [2.24, 2.45) is 9.98 Å². The molecule has 0 amide bonds. The number of hydrogen-bond donors (Lipinski definition) is 4. The number of hydrogen-bond acceptors (Lipinski definition) is 9. The average molecular weight is 479 g/mol. The van der Waals surface area contributed by atoms with Crippen LogP contribution in [-0.2, 0) is 9.59 Å². The molecule has 12 heteroatoms. The summed E-state index contributed by atoms with van der Waals surface area (Å²) in [5.74, 6) is 2.54. The monoisotopic (exact) mass is 479 g/mol. The third-order valence-corrected chi connectivity index (χ3v) is 4.97. The number of methoxy groups -OCH3 is 1. The molecule has 182 valence electrons. The summed E-state index contributed by atoms with van der Waals surface area (Å²) in [6.07, 6.45) is 1.91. The summed E-state index contributed by atoms with van der Waals surface area (Å²) in [6, 6.07) is 14.1. The van der Waals surface area contributed by atoms with Crippen LogP contribution in [0.4, 0.5) is 0 Å². The second-order valence-corrected chi connectivity index (χ2v) is 7.04. The molecule has 2 aromatic carbocycles. The van der Waals surface area contributed by atoms with Crippen molar-refractivity contribution in [3.05, 3.63) is 59.8 Å². The van der Waals surface area contributed by atoms with Crippen molar-refractivity contribution in [3.63, 3.8) is 0 Å². The van der Waals surface area contributed by atoms with Gasteiger partial charge < -0.3 is 25.6 Å². The van der Waals surface area contributed by atoms with Crippen molar-refractivity contribution >= 4 is 24.6 Å². The Morgan fingerprint density at radius 3 is 2.09 bits per heavy atom. The fraction of sp³-hybridized carbons (Fsp3) is 0.217. The number of benzene rings is 2. The lowest BCUT2D eigenvalue weighted by molar-refractivity contribution is -0.123. The fourth-order valence-electron chi connectivity index (χ4n) is 3.54. The lowest BCUT2D eigenvalue weighted by Crippen LogP contribution is -2.19. The molecular weight excluding hydrogens is 454 g/mol. The van der Waals surface area contributed by atoms with Gasteiger partial charge in [0.05, 0.1) is 26.4 Å². The van der Waals surface area contributed by atoms with Gasteiger partial charge in [0.15, 0.2) is 0 Å². The Morgan fingerprint density at radius 1 is 0.914 bits per heavy atom. The van der Waals surface area contributed by atoms with Crippen LogP contribution in [-0.4, -0.2) is 83.1 Å². The molecule has 0 bridgehead atoms. The topological polar surface area (TPSA) is 163 Å². The maximum atomic E-state index is 8.36. The summed E-state index contributed by atoms with van der Waals surface area (Å²) >= 11 is 0. The molecule has 0 saturated carbocycles. The Balaban J connectivity index is 0.000000520. The van der Waals surface area contributed by atoms with E-state index in [-0.39, 0.29) is 12.9 Å². The van der Waals surface area contributed by atoms with E-state index in [1.54, 1.807) is 11.8 Å². The van der Waals surface area contributed by atoms with Gasteiger partial charge in [-0.3, -0.25) is 19.6 Å². The highest BCUT2D eigenvalue weighted by atomic mass is 16.5. The zero-order chi connectivity index (χ0) is 25.0. The zero-order valence-electron chi connectivity index (χ0n) is 19.0. The summed E-state index contributed by atoms with van der Waals surface area (Å²) in [7, 11) is 1.66. The van der Waals surface area contributed by atoms with Crippen LogP contribution in [0, 0.1) is 0 Å². The van der Waals surface area contributed by atoms with E-state index in [1.807, 2.05) is 42.6 Å². The molecule has 0 spiro atoms. The van der Waals surface area contributed by atoms with Crippen LogP contribution >= 0.6 is 0 Å². The molecule has 0 unspecified atom stereocenters. The number of carbonyl (C=O) groups is 2. The van der Waals surface area contributed by atoms with E-state index in [0.717, 1.165) is 65.9 Å². The Hall–Kier alpha value is -4.74. The molecule has 2 aliphatic heterocycles. The zero-order valence-corrected chi connectivity index (χ0v) is 19.0. The highest BCUT2D eigenvalue weighted by molar-refractivity contribution is 6.01. The molecule has 0 radical (unpaired) electrons. The van der Waals surface area contributed by atoms with Crippen LogP contribution in [0.25, 0.3) is 16.9 Å². The van der Waals surface area contributed by atoms with Crippen LogP contribution in [0.5, 0.6) is 5.75 Å². The lowest BCUT2D eigenvalue weighted by atomic mass is 10.1. The van der Waals surface area contributed by atoms with Gasteiger partial charge in [-0.25, -0.2) is 4.68 Å². The van der Waals surface area contributed by atoms with Crippen LogP contribution in [0.15, 0.2) is 58.6 Å². The minimum absolute atomic E-state index is 0.250. The van der Waals surface area contributed by atoms with Crippen molar-refractivity contribution in [2.75, 3.05) is 33.3 Å². The quantitative estimate of drug-likeness (QED) is 0.392. The summed E-state index contributed by atoms with van der Waals surface area (Å²) in [6.45, 7) is 2.86. The molecule has 1 aromatic heterocycles. The molecule has 0 fully saturated rings. The Labute approximate surface area is 201 Å². The minimum Gasteiger partial charge on any atom is -0.494 e. The number of aromatic nitrogens is 3. The molecule has 0 atom stereocenters. The van der Waals surface area contributed by atoms with E-state index in [9.17, 15) is 0 Å². The average Bonchev–Trinajstić information content (AvgIpc) is 3.67. The maximum absolute atomic E-state index is 8.36. The summed E-state index contributed by atoms with van der Waals surface area (Å²) < 4.78 is 7.34. The van der Waals surface area contributed by atoms with Gasteiger partial charge in [0, 0.05) is 29.8 Å². The SMILES string of the molecule is COc1cc(C2=NCCN2)ccc1-n1cc(-c2cccc(C3=NCCN3)c2)nn1.O=CO.O=CO. The number of amidine groups is 2. The summed E-state index contributed by atoms with van der Waals surface area (Å²) in [5, 5.41) is 29.1. The lowest BCUT2D eigenvalue weighted by Gasteiger charge is -2.10. The number of ether oxygens (including phenoxy) is 1. The van der Waals surface area contributed by atoms with Crippen LogP contribution in [0.2, 0.25) is 0 Å². The molecule has 3 heterocycles. The van der Waals surface area contributed by atoms with Crippen LogP contribution in [0.3, 0.4) is 0 Å². The van der Waals surface area contributed by atoms with Gasteiger partial charge in [0.25, 0.3) is 12.9 Å². The van der Waals surface area contributed by atoms with Crippen molar-refractivity contribution < 1.29 is 24.5 Å². The molecular formula is C23H25N7O5. The number of carboxylic acid groups (broad SMARTS) is 2. The van der Waals surface area contributed by atoms with Gasteiger partial charge in [-0.05, 0) is 24.3 Å². The van der Waals surface area contributed by atoms with Crippen molar-refractivity contribution in [3.8, 4) is 22.7 Å². The number of aliphatic imine (C=N–C) groups is 2. The van der Waals surface area contributed by atoms with Gasteiger partial charge in [0.2, 0.25) is 0 Å². The van der Waals surface area contributed by atoms with Gasteiger partial charge in [-0.1, -0.05) is 23.4 Å². The predicted octanol–water partition coefficient (Wildman–Crippen LogP) is 1.04. The minimum atomic E-state index is -0.250. The van der Waals surface area contributed by atoms with Crippen molar-refractivity contribution in [1.29, 1.82) is 0 Å². The molecule has 3 aromatic rings. The second kappa shape index (κ2) is 12.5. The third-order valence-electron chi connectivity index (χ3n) is 4.97. The Kier molecular flexibility index (Phi) is 8.88. The molecule has 4 N–H and O–H groups in total. The van der Waals surface area contributed by atoms with Crippen LogP contribution < -0.4 is 15.4 Å². The summed E-state index contributed by atoms with van der Waals surface area (Å²) in [5.41, 5.74) is 4.66. The Bertz CT molecular complexity index is 1220. The first-order valence-electron chi connectivity index (χ1n) is 10.6. The van der Waals surface area contributed by atoms with E-state index >= 15 is 0 Å². The van der Waals surface area contributed by atoms with Gasteiger partial charge in [-0.15, -0.1) is 5.10 Å². The van der Waals surface area contributed by atoms with E-state index in [2.05, 4.69) is 37.0 Å². The van der Waals surface area contributed by atoms with Crippen LogP contribution in [0.1, 0.15) is 11.1 Å². The molecule has 35 heavy (non-hydrogen) atoms. The highest BCUT2D eigenvalue weighted by Crippen LogP contribution is 2.26. The van der Waals surface area contributed by atoms with E-state index in [1.165, 1.54) is 0 Å². The number of nitrogens with one attached hydrogen (secondary N) is 2. The largest absolute Gasteiger partial charge is 0.494 e. The first-order valence-corrected chi connectivity index (χ1v) is 10.6. The normalized spacial score (nSPS) is 13.5. The predicted molar refractivity (Wildman–Crippen MR) is 130 cm³/mol. The first-order chi connectivity index (χ1) is 17.1. The molecule has 2 aliphatic rings. The van der Waals surface area contributed by atoms with Gasteiger partial charge in [0.1, 0.15) is 28.8 Å². The number of nitrogens with zero attached hydrogens (tertiary/aromatic N) is 5. The molecule has 0 aliphatic carbocycles. The molecule has 12 nitrogen and oxygen atoms in total. The Morgan fingerprint density at radius 2 is 1.51 bits per heavy atom. The van der Waals surface area contributed by atoms with Crippen molar-refractivity contribution in [2.45, 2.75) is 0 Å². The highest BCUT2D eigenvalue weighted by Gasteiger charge is 2.15. The maximum Gasteiger partial charge on any atom is 0.290 e. The van der Waals surface area contributed by atoms with E-state index in [4.69, 9.17) is 24.5 Å². The third kappa shape index (κ3) is 6.19. The number of rotatable bonds is 5. The van der Waals surface area contributed by atoms with E-state index in [0.29, 0.717) is 5.75 Å². The smallest absolute Gasteiger partial charge is 0.290 e.